The Labute approximate surface area is 164 Å². The molecule has 0 aliphatic carbocycles. The van der Waals surface area contributed by atoms with Gasteiger partial charge in [0, 0.05) is 5.56 Å². The predicted molar refractivity (Wildman–Crippen MR) is 108 cm³/mol. The molecule has 0 aliphatic rings. The molecule has 0 fully saturated rings. The number of rotatable bonds is 4. The quantitative estimate of drug-likeness (QED) is 0.377. The number of ether oxygens (including phenoxy) is 2. The maximum Gasteiger partial charge on any atom is 0.542 e. The summed E-state index contributed by atoms with van der Waals surface area (Å²) in [5.74, 6) is 0.774. The van der Waals surface area contributed by atoms with E-state index >= 15 is 0 Å². The molecule has 0 saturated carbocycles. The molecule has 0 spiro atoms. The standard InChI is InChI=1S/C18H29IN2O4/c1-9-21(23,16(22)25-18(5,6)7)20-12-10-13(17(2,3)4)15(24-8)14(19)11-12/h10-11,20H,9H2,1-8H3. The van der Waals surface area contributed by atoms with Gasteiger partial charge in [0.25, 0.3) is 0 Å². The molecule has 142 valence electrons. The van der Waals surface area contributed by atoms with E-state index in [4.69, 9.17) is 9.47 Å². The van der Waals surface area contributed by atoms with Crippen molar-refractivity contribution in [1.29, 1.82) is 0 Å². The molecule has 1 aromatic rings. The summed E-state index contributed by atoms with van der Waals surface area (Å²) in [7, 11) is 1.63. The van der Waals surface area contributed by atoms with E-state index in [1.165, 1.54) is 0 Å². The highest BCUT2D eigenvalue weighted by Crippen LogP contribution is 2.37. The Morgan fingerprint density at radius 1 is 1.24 bits per heavy atom. The van der Waals surface area contributed by atoms with Crippen LogP contribution in [0.4, 0.5) is 10.5 Å². The van der Waals surface area contributed by atoms with Gasteiger partial charge < -0.3 is 14.7 Å². The Kier molecular flexibility index (Phi) is 6.75. The fourth-order valence-electron chi connectivity index (χ4n) is 2.22. The Morgan fingerprint density at radius 2 is 1.80 bits per heavy atom. The van der Waals surface area contributed by atoms with Crippen molar-refractivity contribution >= 4 is 34.4 Å². The Hall–Kier alpha value is -1.06. The lowest BCUT2D eigenvalue weighted by Gasteiger charge is -2.38. The third kappa shape index (κ3) is 5.72. The summed E-state index contributed by atoms with van der Waals surface area (Å²) >= 11 is 2.16. The van der Waals surface area contributed by atoms with Crippen LogP contribution in [-0.2, 0) is 10.2 Å². The molecule has 0 radical (unpaired) electrons. The lowest BCUT2D eigenvalue weighted by Crippen LogP contribution is -2.54. The average Bonchev–Trinajstić information content (AvgIpc) is 2.43. The van der Waals surface area contributed by atoms with E-state index in [0.717, 1.165) is 14.9 Å². The smallest absolute Gasteiger partial charge is 0.542 e. The van der Waals surface area contributed by atoms with E-state index in [9.17, 15) is 10.0 Å². The van der Waals surface area contributed by atoms with Crippen molar-refractivity contribution in [2.75, 3.05) is 19.1 Å². The Balaban J connectivity index is 3.28. The summed E-state index contributed by atoms with van der Waals surface area (Å²) < 4.78 is 10.4. The van der Waals surface area contributed by atoms with Gasteiger partial charge in [0.1, 0.15) is 17.9 Å². The number of hydroxylamine groups is 2. The van der Waals surface area contributed by atoms with Crippen molar-refractivity contribution in [2.24, 2.45) is 0 Å². The summed E-state index contributed by atoms with van der Waals surface area (Å²) in [6, 6.07) is 3.64. The number of benzene rings is 1. The zero-order valence-corrected chi connectivity index (χ0v) is 18.5. The van der Waals surface area contributed by atoms with E-state index in [1.54, 1.807) is 40.9 Å². The first-order chi connectivity index (χ1) is 11.2. The molecule has 1 rings (SSSR count). The minimum Gasteiger partial charge on any atom is -0.596 e. The van der Waals surface area contributed by atoms with Gasteiger partial charge in [0.05, 0.1) is 16.4 Å². The van der Waals surface area contributed by atoms with Gasteiger partial charge in [0.15, 0.2) is 0 Å². The molecule has 25 heavy (non-hydrogen) atoms. The molecule has 0 aliphatic heterocycles. The third-order valence-corrected chi connectivity index (χ3v) is 4.30. The number of carbonyl (C=O) groups is 1. The average molecular weight is 464 g/mol. The van der Waals surface area contributed by atoms with Crippen molar-refractivity contribution in [2.45, 2.75) is 59.5 Å². The molecule has 0 heterocycles. The van der Waals surface area contributed by atoms with Crippen LogP contribution in [0.25, 0.3) is 0 Å². The van der Waals surface area contributed by atoms with Crippen LogP contribution in [0, 0.1) is 8.78 Å². The largest absolute Gasteiger partial charge is 0.596 e. The number of methoxy groups -OCH3 is 1. The second-order valence-corrected chi connectivity index (χ2v) is 9.10. The lowest BCUT2D eigenvalue weighted by molar-refractivity contribution is -0.783. The summed E-state index contributed by atoms with van der Waals surface area (Å²) in [6.07, 6.45) is -0.863. The van der Waals surface area contributed by atoms with Crippen LogP contribution in [0.3, 0.4) is 0 Å². The highest BCUT2D eigenvalue weighted by molar-refractivity contribution is 14.1. The van der Waals surface area contributed by atoms with Crippen LogP contribution in [-0.4, -0.2) is 30.1 Å². The molecule has 1 amide bonds. The lowest BCUT2D eigenvalue weighted by atomic mass is 9.86. The van der Waals surface area contributed by atoms with Crippen LogP contribution < -0.4 is 10.2 Å². The summed E-state index contributed by atoms with van der Waals surface area (Å²) in [5, 5.41) is 13.0. The van der Waals surface area contributed by atoms with Crippen molar-refractivity contribution in [3.8, 4) is 5.75 Å². The van der Waals surface area contributed by atoms with Gasteiger partial charge >= 0.3 is 6.09 Å². The minimum absolute atomic E-state index is 0.00235. The van der Waals surface area contributed by atoms with Crippen LogP contribution >= 0.6 is 22.6 Å². The number of hydrogen-bond donors (Lipinski definition) is 1. The number of amides is 1. The molecule has 0 saturated heterocycles. The number of carbonyl (C=O) groups excluding carboxylic acids is 1. The highest BCUT2D eigenvalue weighted by Gasteiger charge is 2.33. The number of anilines is 1. The third-order valence-electron chi connectivity index (χ3n) is 3.50. The molecule has 1 atom stereocenters. The predicted octanol–water partition coefficient (Wildman–Crippen LogP) is 5.19. The molecule has 0 bridgehead atoms. The zero-order chi connectivity index (χ0) is 19.6. The minimum atomic E-state index is -1.29. The van der Waals surface area contributed by atoms with Gasteiger partial charge in [-0.2, -0.15) is 9.55 Å². The summed E-state index contributed by atoms with van der Waals surface area (Å²) in [6.45, 7) is 13.1. The summed E-state index contributed by atoms with van der Waals surface area (Å²) in [5.41, 5.74) is 3.38. The second kappa shape index (κ2) is 7.67. The van der Waals surface area contributed by atoms with Gasteiger partial charge in [0.2, 0.25) is 0 Å². The maximum absolute atomic E-state index is 13.0. The van der Waals surface area contributed by atoms with E-state index in [2.05, 4.69) is 48.8 Å². The number of hydrogen-bond acceptors (Lipinski definition) is 5. The number of nitrogens with one attached hydrogen (secondary N) is 1. The molecule has 1 unspecified atom stereocenters. The Bertz CT molecular complexity index is 635. The van der Waals surface area contributed by atoms with Gasteiger partial charge in [-0.1, -0.05) is 20.8 Å². The number of nitrogens with zero attached hydrogens (tertiary/aromatic N) is 1. The van der Waals surface area contributed by atoms with Crippen LogP contribution in [0.1, 0.15) is 54.0 Å². The van der Waals surface area contributed by atoms with E-state index in [-0.39, 0.29) is 12.0 Å². The topological polar surface area (TPSA) is 70.6 Å². The number of halogens is 1. The van der Waals surface area contributed by atoms with Crippen LogP contribution in [0.2, 0.25) is 0 Å². The van der Waals surface area contributed by atoms with Gasteiger partial charge in [-0.3, -0.25) is 0 Å². The van der Waals surface area contributed by atoms with Crippen molar-refractivity contribution in [3.05, 3.63) is 26.5 Å². The molecule has 1 aromatic carbocycles. The van der Waals surface area contributed by atoms with E-state index in [1.807, 2.05) is 6.07 Å². The van der Waals surface area contributed by atoms with Gasteiger partial charge in [-0.05, 0) is 67.8 Å². The normalized spacial score (nSPS) is 14.6. The Morgan fingerprint density at radius 3 is 2.20 bits per heavy atom. The van der Waals surface area contributed by atoms with Gasteiger partial charge in [-0.15, -0.1) is 0 Å². The first-order valence-corrected chi connectivity index (χ1v) is 9.30. The molecule has 1 N–H and O–H groups in total. The molecule has 7 heteroatoms. The molecule has 6 nitrogen and oxygen atoms in total. The van der Waals surface area contributed by atoms with Gasteiger partial charge in [-0.25, -0.2) is 5.43 Å². The SMILES string of the molecule is CC[N+]([O-])(Nc1cc(I)c(OC)c(C(C)(C)C)c1)C(=O)OC(C)(C)C. The first-order valence-electron chi connectivity index (χ1n) is 8.22. The number of quaternary nitrogens is 1. The fraction of sp³-hybridized carbons (Fsp3) is 0.611. The first kappa shape index (κ1) is 22.0. The maximum atomic E-state index is 13.0. The molecule has 0 aromatic heterocycles. The molecular weight excluding hydrogens is 435 g/mol. The second-order valence-electron chi connectivity index (χ2n) is 7.94. The molecular formula is C18H29IN2O4. The summed E-state index contributed by atoms with van der Waals surface area (Å²) in [4.78, 5) is 12.4. The van der Waals surface area contributed by atoms with E-state index < -0.39 is 16.4 Å². The van der Waals surface area contributed by atoms with E-state index in [0.29, 0.717) is 5.69 Å². The van der Waals surface area contributed by atoms with Crippen molar-refractivity contribution in [1.82, 2.24) is 0 Å². The highest BCUT2D eigenvalue weighted by atomic mass is 127. The monoisotopic (exact) mass is 464 g/mol. The van der Waals surface area contributed by atoms with Crippen molar-refractivity contribution in [3.63, 3.8) is 0 Å². The zero-order valence-electron chi connectivity index (χ0n) is 16.3. The van der Waals surface area contributed by atoms with Crippen molar-refractivity contribution < 1.29 is 19.0 Å². The van der Waals surface area contributed by atoms with Crippen LogP contribution in [0.15, 0.2) is 12.1 Å². The fourth-order valence-corrected chi connectivity index (χ4v) is 3.07. The van der Waals surface area contributed by atoms with Crippen LogP contribution in [0.5, 0.6) is 5.75 Å².